The number of fused-ring (bicyclic) bond motifs is 1. The summed E-state index contributed by atoms with van der Waals surface area (Å²) in [7, 11) is 3.38. The van der Waals surface area contributed by atoms with Crippen LogP contribution in [0.25, 0.3) is 0 Å². The SMILES string of the molecule is COc1ccc(OC)c(CN2CCN(C(=O)CC3CCc4ccccc43)CC2)c1. The van der Waals surface area contributed by atoms with Crippen LogP contribution in [-0.4, -0.2) is 56.1 Å². The quantitative estimate of drug-likeness (QED) is 0.752. The third kappa shape index (κ3) is 4.40. The molecule has 2 aromatic rings. The molecular weight excluding hydrogens is 364 g/mol. The average molecular weight is 395 g/mol. The van der Waals surface area contributed by atoms with Crippen molar-refractivity contribution in [1.82, 2.24) is 9.80 Å². The van der Waals surface area contributed by atoms with Crippen molar-refractivity contribution in [3.05, 3.63) is 59.2 Å². The third-order valence-corrected chi connectivity index (χ3v) is 6.28. The molecule has 1 fully saturated rings. The highest BCUT2D eigenvalue weighted by molar-refractivity contribution is 5.77. The molecule has 0 saturated carbocycles. The van der Waals surface area contributed by atoms with Gasteiger partial charge in [-0.05, 0) is 48.1 Å². The van der Waals surface area contributed by atoms with Crippen molar-refractivity contribution in [3.8, 4) is 11.5 Å². The highest BCUT2D eigenvalue weighted by atomic mass is 16.5. The van der Waals surface area contributed by atoms with Gasteiger partial charge in [0.2, 0.25) is 5.91 Å². The fourth-order valence-electron chi connectivity index (χ4n) is 4.60. The minimum absolute atomic E-state index is 0.297. The smallest absolute Gasteiger partial charge is 0.223 e. The number of methoxy groups -OCH3 is 2. The van der Waals surface area contributed by atoms with Crippen molar-refractivity contribution in [2.45, 2.75) is 31.7 Å². The molecular formula is C24H30N2O3. The minimum atomic E-state index is 0.297. The second kappa shape index (κ2) is 8.87. The van der Waals surface area contributed by atoms with Crippen LogP contribution >= 0.6 is 0 Å². The lowest BCUT2D eigenvalue weighted by atomic mass is 9.97. The predicted octanol–water partition coefficient (Wildman–Crippen LogP) is 3.47. The van der Waals surface area contributed by atoms with Gasteiger partial charge in [-0.2, -0.15) is 0 Å². The molecule has 29 heavy (non-hydrogen) atoms. The van der Waals surface area contributed by atoms with Gasteiger partial charge in [-0.25, -0.2) is 0 Å². The summed E-state index contributed by atoms with van der Waals surface area (Å²) < 4.78 is 10.9. The zero-order chi connectivity index (χ0) is 20.2. The van der Waals surface area contributed by atoms with Gasteiger partial charge < -0.3 is 14.4 Å². The average Bonchev–Trinajstić information content (AvgIpc) is 3.17. The minimum Gasteiger partial charge on any atom is -0.497 e. The van der Waals surface area contributed by atoms with E-state index < -0.39 is 0 Å². The van der Waals surface area contributed by atoms with Gasteiger partial charge in [-0.3, -0.25) is 9.69 Å². The standard InChI is InChI=1S/C24H30N2O3/c1-28-21-9-10-23(29-2)20(15-21)17-25-11-13-26(14-12-25)24(27)16-19-8-7-18-5-3-4-6-22(18)19/h3-6,9-10,15,19H,7-8,11-14,16-17H2,1-2H3. The molecule has 1 amide bonds. The molecule has 0 aromatic heterocycles. The van der Waals surface area contributed by atoms with Gasteiger partial charge in [0.15, 0.2) is 0 Å². The molecule has 0 bridgehead atoms. The van der Waals surface area contributed by atoms with Crippen molar-refractivity contribution < 1.29 is 14.3 Å². The third-order valence-electron chi connectivity index (χ3n) is 6.28. The number of carbonyl (C=O) groups excluding carboxylic acids is 1. The summed E-state index contributed by atoms with van der Waals surface area (Å²) in [6.45, 7) is 4.15. The number of carbonyl (C=O) groups is 1. The van der Waals surface area contributed by atoms with Crippen molar-refractivity contribution >= 4 is 5.91 Å². The van der Waals surface area contributed by atoms with E-state index in [0.717, 1.165) is 62.6 Å². The largest absolute Gasteiger partial charge is 0.497 e. The maximum atomic E-state index is 12.9. The van der Waals surface area contributed by atoms with E-state index in [0.29, 0.717) is 18.2 Å². The van der Waals surface area contributed by atoms with E-state index in [2.05, 4.69) is 29.2 Å². The summed E-state index contributed by atoms with van der Waals surface area (Å²) >= 11 is 0. The second-order valence-electron chi connectivity index (χ2n) is 7.97. The maximum Gasteiger partial charge on any atom is 0.223 e. The fraction of sp³-hybridized carbons (Fsp3) is 0.458. The lowest BCUT2D eigenvalue weighted by molar-refractivity contribution is -0.133. The van der Waals surface area contributed by atoms with E-state index in [4.69, 9.17) is 9.47 Å². The fourth-order valence-corrected chi connectivity index (χ4v) is 4.60. The summed E-state index contributed by atoms with van der Waals surface area (Å²) in [5, 5.41) is 0. The Balaban J connectivity index is 1.31. The summed E-state index contributed by atoms with van der Waals surface area (Å²) in [6.07, 6.45) is 2.84. The van der Waals surface area contributed by atoms with Crippen molar-refractivity contribution in [2.75, 3.05) is 40.4 Å². The van der Waals surface area contributed by atoms with Crippen molar-refractivity contribution in [1.29, 1.82) is 0 Å². The number of ether oxygens (including phenoxy) is 2. The molecule has 2 aliphatic rings. The van der Waals surface area contributed by atoms with Crippen LogP contribution in [-0.2, 0) is 17.8 Å². The first kappa shape index (κ1) is 19.8. The predicted molar refractivity (Wildman–Crippen MR) is 114 cm³/mol. The van der Waals surface area contributed by atoms with E-state index in [9.17, 15) is 4.79 Å². The molecule has 1 unspecified atom stereocenters. The highest BCUT2D eigenvalue weighted by Gasteiger charge is 2.28. The molecule has 154 valence electrons. The van der Waals surface area contributed by atoms with E-state index in [1.165, 1.54) is 11.1 Å². The lowest BCUT2D eigenvalue weighted by Crippen LogP contribution is -2.48. The van der Waals surface area contributed by atoms with Crippen LogP contribution in [0.1, 0.15) is 35.4 Å². The molecule has 0 N–H and O–H groups in total. The molecule has 1 saturated heterocycles. The van der Waals surface area contributed by atoms with Crippen molar-refractivity contribution in [2.24, 2.45) is 0 Å². The highest BCUT2D eigenvalue weighted by Crippen LogP contribution is 2.35. The van der Waals surface area contributed by atoms with Gasteiger partial charge in [0, 0.05) is 44.7 Å². The number of nitrogens with zero attached hydrogens (tertiary/aromatic N) is 2. The Hall–Kier alpha value is -2.53. The Kier molecular flexibility index (Phi) is 6.05. The number of amides is 1. The lowest BCUT2D eigenvalue weighted by Gasteiger charge is -2.35. The van der Waals surface area contributed by atoms with Crippen LogP contribution in [0.3, 0.4) is 0 Å². The van der Waals surface area contributed by atoms with Gasteiger partial charge in [0.25, 0.3) is 0 Å². The second-order valence-corrected chi connectivity index (χ2v) is 7.97. The van der Waals surface area contributed by atoms with Crippen LogP contribution in [0, 0.1) is 0 Å². The molecule has 1 aliphatic carbocycles. The normalized spacial score (nSPS) is 19.1. The molecule has 0 spiro atoms. The Bertz CT molecular complexity index is 859. The Labute approximate surface area is 173 Å². The van der Waals surface area contributed by atoms with Gasteiger partial charge in [-0.1, -0.05) is 24.3 Å². The van der Waals surface area contributed by atoms with Crippen molar-refractivity contribution in [3.63, 3.8) is 0 Å². The number of hydrogen-bond acceptors (Lipinski definition) is 4. The summed E-state index contributed by atoms with van der Waals surface area (Å²) in [6, 6.07) is 14.5. The van der Waals surface area contributed by atoms with Crippen LogP contribution in [0.2, 0.25) is 0 Å². The van der Waals surface area contributed by atoms with Crippen LogP contribution in [0.4, 0.5) is 0 Å². The molecule has 4 rings (SSSR count). The maximum absolute atomic E-state index is 12.9. The molecule has 1 atom stereocenters. The van der Waals surface area contributed by atoms with Gasteiger partial charge in [0.1, 0.15) is 11.5 Å². The van der Waals surface area contributed by atoms with E-state index in [1.54, 1.807) is 14.2 Å². The Morgan fingerprint density at radius 1 is 1.03 bits per heavy atom. The number of rotatable bonds is 6. The molecule has 1 heterocycles. The zero-order valence-electron chi connectivity index (χ0n) is 17.4. The molecule has 1 aliphatic heterocycles. The van der Waals surface area contributed by atoms with Crippen LogP contribution in [0.5, 0.6) is 11.5 Å². The molecule has 2 aromatic carbocycles. The zero-order valence-corrected chi connectivity index (χ0v) is 17.4. The van der Waals surface area contributed by atoms with Crippen LogP contribution < -0.4 is 9.47 Å². The van der Waals surface area contributed by atoms with Gasteiger partial charge in [0.05, 0.1) is 14.2 Å². The first-order chi connectivity index (χ1) is 14.2. The number of aryl methyl sites for hydroxylation is 1. The Morgan fingerprint density at radius 3 is 2.59 bits per heavy atom. The first-order valence-electron chi connectivity index (χ1n) is 10.5. The van der Waals surface area contributed by atoms with Gasteiger partial charge in [-0.15, -0.1) is 0 Å². The molecule has 5 nitrogen and oxygen atoms in total. The van der Waals surface area contributed by atoms with Crippen LogP contribution in [0.15, 0.2) is 42.5 Å². The summed E-state index contributed by atoms with van der Waals surface area (Å²) in [4.78, 5) is 17.3. The number of hydrogen-bond donors (Lipinski definition) is 0. The van der Waals surface area contributed by atoms with E-state index >= 15 is 0 Å². The van der Waals surface area contributed by atoms with Gasteiger partial charge >= 0.3 is 0 Å². The molecule has 5 heteroatoms. The van der Waals surface area contributed by atoms with E-state index in [1.807, 2.05) is 23.1 Å². The Morgan fingerprint density at radius 2 is 1.83 bits per heavy atom. The monoisotopic (exact) mass is 394 g/mol. The molecule has 0 radical (unpaired) electrons. The number of piperazine rings is 1. The summed E-state index contributed by atoms with van der Waals surface area (Å²) in [5.41, 5.74) is 3.92. The summed E-state index contributed by atoms with van der Waals surface area (Å²) in [5.74, 6) is 2.40. The van der Waals surface area contributed by atoms with E-state index in [-0.39, 0.29) is 0 Å². The first-order valence-corrected chi connectivity index (χ1v) is 10.5. The topological polar surface area (TPSA) is 42.0 Å². The number of benzene rings is 2.